The van der Waals surface area contributed by atoms with Crippen LogP contribution in [0, 0.1) is 0 Å². The maximum atomic E-state index is 12.0. The summed E-state index contributed by atoms with van der Waals surface area (Å²) in [5.41, 5.74) is 4.23. The van der Waals surface area contributed by atoms with E-state index in [9.17, 15) is 4.79 Å². The molecule has 218 valence electrons. The topological polar surface area (TPSA) is 63.2 Å². The highest BCUT2D eigenvalue weighted by atomic mass is 16.1. The number of nitrogens with one attached hydrogen (secondary N) is 2. The van der Waals surface area contributed by atoms with Crippen molar-refractivity contribution in [1.29, 1.82) is 0 Å². The summed E-state index contributed by atoms with van der Waals surface area (Å²) in [7, 11) is 6.28. The van der Waals surface area contributed by atoms with E-state index in [1.165, 1.54) is 11.1 Å². The summed E-state index contributed by atoms with van der Waals surface area (Å²) >= 11 is 0. The van der Waals surface area contributed by atoms with Gasteiger partial charge < -0.3 is 10.6 Å². The number of likely N-dealkylation sites (tertiary alicyclic amines) is 1. The quantitative estimate of drug-likeness (QED) is 0.253. The number of piperazine rings is 1. The summed E-state index contributed by atoms with van der Waals surface area (Å²) in [6, 6.07) is 18.2. The predicted octanol–water partition coefficient (Wildman–Crippen LogP) is 4.84. The number of nitrogens with zero attached hydrogens (tertiary/aromatic N) is 4. The van der Waals surface area contributed by atoms with Gasteiger partial charge in [0.05, 0.1) is 11.7 Å². The predicted molar refractivity (Wildman–Crippen MR) is 167 cm³/mol. The van der Waals surface area contributed by atoms with Crippen molar-refractivity contribution in [1.82, 2.24) is 20.0 Å². The van der Waals surface area contributed by atoms with E-state index in [2.05, 4.69) is 103 Å². The van der Waals surface area contributed by atoms with Crippen molar-refractivity contribution in [3.63, 3.8) is 0 Å². The molecule has 2 aliphatic rings. The zero-order valence-electron chi connectivity index (χ0n) is 25.5. The number of benzene rings is 2. The van der Waals surface area contributed by atoms with Crippen LogP contribution in [0.3, 0.4) is 0 Å². The number of hydrogen-bond donors (Lipinski definition) is 2. The van der Waals surface area contributed by atoms with Crippen LogP contribution in [-0.4, -0.2) is 92.3 Å². The minimum absolute atomic E-state index is 0.0750. The highest BCUT2D eigenvalue weighted by molar-refractivity contribution is 6.02. The molecule has 2 N–H and O–H groups in total. The highest BCUT2D eigenvalue weighted by Gasteiger charge is 2.38. The van der Waals surface area contributed by atoms with Gasteiger partial charge in [0.1, 0.15) is 5.84 Å². The van der Waals surface area contributed by atoms with E-state index in [1.807, 2.05) is 13.1 Å². The van der Waals surface area contributed by atoms with E-state index in [-0.39, 0.29) is 11.6 Å². The Balaban J connectivity index is 1.48. The smallest absolute Gasteiger partial charge is 0.152 e. The zero-order valence-corrected chi connectivity index (χ0v) is 25.5. The minimum Gasteiger partial charge on any atom is -0.342 e. The fourth-order valence-corrected chi connectivity index (χ4v) is 6.81. The first kappa shape index (κ1) is 30.4. The van der Waals surface area contributed by atoms with E-state index in [0.29, 0.717) is 17.6 Å². The van der Waals surface area contributed by atoms with E-state index in [1.54, 1.807) is 0 Å². The number of rotatable bonds is 10. The summed E-state index contributed by atoms with van der Waals surface area (Å²) < 4.78 is 0. The van der Waals surface area contributed by atoms with Crippen LogP contribution in [-0.2, 0) is 12.1 Å². The Morgan fingerprint density at radius 3 is 2.38 bits per heavy atom. The molecule has 2 aromatic rings. The standard InChI is InChI=1S/C33H50N6O/c1-7-11-31(39-21-25(2)35-26(3)22-39)32(34-4)36-30-20-27(14-15-28(30)24-40)23-38-18-16-33(17-19-38,37(5)6)29-12-9-8-10-13-29/h8-10,12-15,20,24-26,31,35H,7,11,16-19,21-23H2,1-6H3,(H,34,36)/t25-,26+,31?. The Bertz CT molecular complexity index is 1120. The van der Waals surface area contributed by atoms with Crippen LogP contribution in [0.4, 0.5) is 5.69 Å². The van der Waals surface area contributed by atoms with Crippen molar-refractivity contribution in [2.75, 3.05) is 52.6 Å². The number of amidine groups is 1. The number of anilines is 1. The Morgan fingerprint density at radius 2 is 1.80 bits per heavy atom. The maximum Gasteiger partial charge on any atom is 0.152 e. The van der Waals surface area contributed by atoms with Gasteiger partial charge in [-0.05, 0) is 70.5 Å². The molecule has 0 amide bonds. The molecule has 2 heterocycles. The molecule has 2 saturated heterocycles. The molecule has 0 saturated carbocycles. The molecular formula is C33H50N6O. The van der Waals surface area contributed by atoms with Gasteiger partial charge in [-0.3, -0.25) is 24.5 Å². The fourth-order valence-electron chi connectivity index (χ4n) is 6.81. The van der Waals surface area contributed by atoms with Crippen LogP contribution in [0.1, 0.15) is 67.9 Å². The first-order valence-electron chi connectivity index (χ1n) is 15.1. The van der Waals surface area contributed by atoms with Crippen molar-refractivity contribution in [3.8, 4) is 0 Å². The second-order valence-corrected chi connectivity index (χ2v) is 12.1. The first-order chi connectivity index (χ1) is 19.3. The van der Waals surface area contributed by atoms with E-state index >= 15 is 0 Å². The normalized spacial score (nSPS) is 23.2. The van der Waals surface area contributed by atoms with Crippen molar-refractivity contribution in [2.45, 2.75) is 76.7 Å². The van der Waals surface area contributed by atoms with Crippen LogP contribution < -0.4 is 10.6 Å². The van der Waals surface area contributed by atoms with Gasteiger partial charge in [-0.1, -0.05) is 49.7 Å². The van der Waals surface area contributed by atoms with Crippen molar-refractivity contribution < 1.29 is 4.79 Å². The van der Waals surface area contributed by atoms with Gasteiger partial charge in [-0.15, -0.1) is 0 Å². The van der Waals surface area contributed by atoms with Gasteiger partial charge in [0, 0.05) is 63.0 Å². The molecule has 0 aromatic heterocycles. The van der Waals surface area contributed by atoms with E-state index < -0.39 is 0 Å². The summed E-state index contributed by atoms with van der Waals surface area (Å²) in [6.07, 6.45) is 5.24. The lowest BCUT2D eigenvalue weighted by Crippen LogP contribution is -2.59. The number of aliphatic imine (C=N–C) groups is 1. The van der Waals surface area contributed by atoms with Crippen LogP contribution in [0.2, 0.25) is 0 Å². The molecule has 2 fully saturated rings. The lowest BCUT2D eigenvalue weighted by atomic mass is 9.79. The number of carbonyl (C=O) groups excluding carboxylic acids is 1. The minimum atomic E-state index is 0.0750. The molecule has 0 bridgehead atoms. The van der Waals surface area contributed by atoms with Crippen molar-refractivity contribution in [2.24, 2.45) is 4.99 Å². The molecule has 1 unspecified atom stereocenters. The maximum absolute atomic E-state index is 12.0. The van der Waals surface area contributed by atoms with Crippen LogP contribution in [0.15, 0.2) is 53.5 Å². The largest absolute Gasteiger partial charge is 0.342 e. The average Bonchev–Trinajstić information content (AvgIpc) is 2.95. The summed E-state index contributed by atoms with van der Waals surface area (Å²) in [6.45, 7) is 11.6. The summed E-state index contributed by atoms with van der Waals surface area (Å²) in [4.78, 5) is 24.3. The number of piperidine rings is 1. The second-order valence-electron chi connectivity index (χ2n) is 12.1. The SMILES string of the molecule is CCCC(C(=NC)Nc1cc(CN2CCC(c3ccccc3)(N(C)C)CC2)ccc1C=O)N1C[C@@H](C)N[C@@H](C)C1. The Kier molecular flexibility index (Phi) is 10.5. The number of aldehydes is 1. The van der Waals surface area contributed by atoms with Crippen molar-refractivity contribution >= 4 is 17.8 Å². The lowest BCUT2D eigenvalue weighted by molar-refractivity contribution is 0.0507. The Labute approximate surface area is 242 Å². The number of carbonyl (C=O) groups is 1. The Hall–Kier alpha value is -2.58. The fraction of sp³-hybridized carbons (Fsp3) is 0.576. The summed E-state index contributed by atoms with van der Waals surface area (Å²) in [5.74, 6) is 0.944. The average molecular weight is 547 g/mol. The van der Waals surface area contributed by atoms with Gasteiger partial charge in [0.15, 0.2) is 6.29 Å². The molecule has 40 heavy (non-hydrogen) atoms. The third kappa shape index (κ3) is 7.00. The third-order valence-corrected chi connectivity index (χ3v) is 8.91. The molecule has 0 aliphatic carbocycles. The van der Waals surface area contributed by atoms with Gasteiger partial charge in [-0.25, -0.2) is 0 Å². The molecule has 7 nitrogen and oxygen atoms in total. The van der Waals surface area contributed by atoms with Gasteiger partial charge in [-0.2, -0.15) is 0 Å². The van der Waals surface area contributed by atoms with Crippen molar-refractivity contribution in [3.05, 3.63) is 65.2 Å². The van der Waals surface area contributed by atoms with Crippen LogP contribution in [0.25, 0.3) is 0 Å². The monoisotopic (exact) mass is 546 g/mol. The van der Waals surface area contributed by atoms with Crippen LogP contribution >= 0.6 is 0 Å². The molecule has 4 rings (SSSR count). The van der Waals surface area contributed by atoms with Gasteiger partial charge >= 0.3 is 0 Å². The van der Waals surface area contributed by atoms with E-state index in [0.717, 1.165) is 76.2 Å². The highest BCUT2D eigenvalue weighted by Crippen LogP contribution is 2.37. The lowest BCUT2D eigenvalue weighted by Gasteiger charge is -2.46. The van der Waals surface area contributed by atoms with Gasteiger partial charge in [0.2, 0.25) is 0 Å². The Morgan fingerprint density at radius 1 is 1.12 bits per heavy atom. The van der Waals surface area contributed by atoms with E-state index in [4.69, 9.17) is 4.99 Å². The molecule has 7 heteroatoms. The number of hydrogen-bond acceptors (Lipinski definition) is 6. The molecule has 2 aliphatic heterocycles. The van der Waals surface area contributed by atoms with Gasteiger partial charge in [0.25, 0.3) is 0 Å². The zero-order chi connectivity index (χ0) is 28.7. The third-order valence-electron chi connectivity index (χ3n) is 8.91. The van der Waals surface area contributed by atoms with Crippen LogP contribution in [0.5, 0.6) is 0 Å². The molecule has 0 spiro atoms. The molecular weight excluding hydrogens is 496 g/mol. The molecule has 3 atom stereocenters. The molecule has 2 aromatic carbocycles. The first-order valence-corrected chi connectivity index (χ1v) is 15.1. The molecule has 0 radical (unpaired) electrons. The second kappa shape index (κ2) is 13.9. The summed E-state index contributed by atoms with van der Waals surface area (Å²) in [5, 5.41) is 7.26.